The number of hydrogen-bond acceptors (Lipinski definition) is 3. The highest BCUT2D eigenvalue weighted by Crippen LogP contribution is 2.36. The number of carbonyl (C=O) groups is 2. The summed E-state index contributed by atoms with van der Waals surface area (Å²) in [4.78, 5) is 26.1. The molecule has 0 unspecified atom stereocenters. The zero-order chi connectivity index (χ0) is 21.0. The number of alkyl halides is 3. The predicted octanol–water partition coefficient (Wildman–Crippen LogP) is 5.04. The molecule has 0 bridgehead atoms. The number of amides is 1. The minimum atomic E-state index is -4.56. The molecule has 3 rings (SSSR count). The van der Waals surface area contributed by atoms with Gasteiger partial charge in [-0.15, -0.1) is 0 Å². The lowest BCUT2D eigenvalue weighted by atomic mass is 10.1. The molecular formula is C21H21F3N2O3. The molecule has 0 spiro atoms. The number of carboxylic acids is 1. The van der Waals surface area contributed by atoms with Gasteiger partial charge >= 0.3 is 12.1 Å². The summed E-state index contributed by atoms with van der Waals surface area (Å²) in [6.07, 6.45) is -0.641. The standard InChI is InChI=1S/C21H21F3N2O3/c22-21(23,24)14-9-10-18(26-11-5-1-2-6-12-26)17(13-14)25-19(27)15-7-3-4-8-16(15)20(28)29/h3-4,7-10,13H,1-2,5-6,11-12H2,(H,25,27)(H,28,29). The number of benzene rings is 2. The minimum Gasteiger partial charge on any atom is -0.478 e. The van der Waals surface area contributed by atoms with Gasteiger partial charge in [0.2, 0.25) is 0 Å². The first-order chi connectivity index (χ1) is 13.8. The Balaban J connectivity index is 1.99. The van der Waals surface area contributed by atoms with Crippen molar-refractivity contribution in [1.29, 1.82) is 0 Å². The normalized spacial score (nSPS) is 14.9. The Morgan fingerprint density at radius 2 is 1.55 bits per heavy atom. The van der Waals surface area contributed by atoms with Crippen LogP contribution in [0.1, 0.15) is 52.0 Å². The van der Waals surface area contributed by atoms with Crippen molar-refractivity contribution in [3.63, 3.8) is 0 Å². The molecule has 1 heterocycles. The number of aromatic carboxylic acids is 1. The molecule has 1 aliphatic rings. The predicted molar refractivity (Wildman–Crippen MR) is 103 cm³/mol. The number of carbonyl (C=O) groups excluding carboxylic acids is 1. The van der Waals surface area contributed by atoms with Crippen molar-refractivity contribution >= 4 is 23.3 Å². The van der Waals surface area contributed by atoms with E-state index in [-0.39, 0.29) is 16.8 Å². The Morgan fingerprint density at radius 1 is 0.931 bits per heavy atom. The Morgan fingerprint density at radius 3 is 2.14 bits per heavy atom. The molecule has 29 heavy (non-hydrogen) atoms. The van der Waals surface area contributed by atoms with Crippen LogP contribution in [0.4, 0.5) is 24.5 Å². The van der Waals surface area contributed by atoms with E-state index in [1.807, 2.05) is 4.90 Å². The quantitative estimate of drug-likeness (QED) is 0.747. The molecule has 0 radical (unpaired) electrons. The molecule has 2 N–H and O–H groups in total. The largest absolute Gasteiger partial charge is 0.478 e. The van der Waals surface area contributed by atoms with Crippen molar-refractivity contribution in [2.45, 2.75) is 31.9 Å². The molecule has 1 amide bonds. The molecule has 2 aromatic carbocycles. The van der Waals surface area contributed by atoms with Crippen LogP contribution in [0.5, 0.6) is 0 Å². The Labute approximate surface area is 166 Å². The van der Waals surface area contributed by atoms with Gasteiger partial charge in [-0.1, -0.05) is 25.0 Å². The maximum atomic E-state index is 13.2. The first kappa shape index (κ1) is 20.7. The van der Waals surface area contributed by atoms with E-state index in [9.17, 15) is 27.9 Å². The van der Waals surface area contributed by atoms with Crippen molar-refractivity contribution in [3.05, 3.63) is 59.2 Å². The van der Waals surface area contributed by atoms with Crippen LogP contribution in [-0.4, -0.2) is 30.1 Å². The summed E-state index contributed by atoms with van der Waals surface area (Å²) in [5.41, 5.74) is -0.682. The molecule has 1 fully saturated rings. The van der Waals surface area contributed by atoms with Crippen LogP contribution in [0.3, 0.4) is 0 Å². The van der Waals surface area contributed by atoms with Crippen LogP contribution >= 0.6 is 0 Å². The van der Waals surface area contributed by atoms with Gasteiger partial charge in [-0.3, -0.25) is 4.79 Å². The smallest absolute Gasteiger partial charge is 0.416 e. The highest BCUT2D eigenvalue weighted by molar-refractivity contribution is 6.11. The number of hydrogen-bond donors (Lipinski definition) is 2. The molecule has 0 saturated carbocycles. The van der Waals surface area contributed by atoms with Gasteiger partial charge in [-0.05, 0) is 43.2 Å². The minimum absolute atomic E-state index is 0.0203. The lowest BCUT2D eigenvalue weighted by molar-refractivity contribution is -0.137. The molecule has 154 valence electrons. The van der Waals surface area contributed by atoms with E-state index in [4.69, 9.17) is 0 Å². The topological polar surface area (TPSA) is 69.6 Å². The highest BCUT2D eigenvalue weighted by Gasteiger charge is 2.32. The Bertz CT molecular complexity index is 904. The van der Waals surface area contributed by atoms with Crippen LogP contribution in [0, 0.1) is 0 Å². The number of nitrogens with zero attached hydrogens (tertiary/aromatic N) is 1. The molecule has 5 nitrogen and oxygen atoms in total. The number of rotatable bonds is 4. The summed E-state index contributed by atoms with van der Waals surface area (Å²) >= 11 is 0. The van der Waals surface area contributed by atoms with Crippen molar-refractivity contribution in [2.75, 3.05) is 23.3 Å². The van der Waals surface area contributed by atoms with Crippen LogP contribution < -0.4 is 10.2 Å². The van der Waals surface area contributed by atoms with Crippen LogP contribution in [0.25, 0.3) is 0 Å². The van der Waals surface area contributed by atoms with Crippen LogP contribution in [0.2, 0.25) is 0 Å². The molecule has 1 saturated heterocycles. The first-order valence-electron chi connectivity index (χ1n) is 9.37. The molecular weight excluding hydrogens is 385 g/mol. The second-order valence-corrected chi connectivity index (χ2v) is 6.94. The van der Waals surface area contributed by atoms with Crippen molar-refractivity contribution < 1.29 is 27.9 Å². The summed E-state index contributed by atoms with van der Waals surface area (Å²) in [5.74, 6) is -2.05. The Kier molecular flexibility index (Phi) is 6.10. The summed E-state index contributed by atoms with van der Waals surface area (Å²) in [7, 11) is 0. The maximum Gasteiger partial charge on any atom is 0.416 e. The van der Waals surface area contributed by atoms with E-state index >= 15 is 0 Å². The SMILES string of the molecule is O=C(O)c1ccccc1C(=O)Nc1cc(C(F)(F)F)ccc1N1CCCCCC1. The van der Waals surface area contributed by atoms with E-state index in [1.54, 1.807) is 0 Å². The highest BCUT2D eigenvalue weighted by atomic mass is 19.4. The molecule has 2 aromatic rings. The van der Waals surface area contributed by atoms with E-state index in [1.165, 1.54) is 30.3 Å². The molecule has 0 aliphatic carbocycles. The Hall–Kier alpha value is -3.03. The van der Waals surface area contributed by atoms with Crippen molar-refractivity contribution in [3.8, 4) is 0 Å². The molecule has 0 atom stereocenters. The van der Waals surface area contributed by atoms with Gasteiger partial charge in [-0.2, -0.15) is 13.2 Å². The lowest BCUT2D eigenvalue weighted by Crippen LogP contribution is -2.26. The summed E-state index contributed by atoms with van der Waals surface area (Å²) < 4.78 is 39.7. The summed E-state index contributed by atoms with van der Waals surface area (Å²) in [6, 6.07) is 8.86. The van der Waals surface area contributed by atoms with E-state index in [0.717, 1.165) is 37.8 Å². The number of halogens is 3. The van der Waals surface area contributed by atoms with Gasteiger partial charge in [0.15, 0.2) is 0 Å². The van der Waals surface area contributed by atoms with Gasteiger partial charge in [0.25, 0.3) is 5.91 Å². The molecule has 0 aromatic heterocycles. The fourth-order valence-electron chi connectivity index (χ4n) is 3.46. The van der Waals surface area contributed by atoms with E-state index in [0.29, 0.717) is 18.8 Å². The third-order valence-corrected chi connectivity index (χ3v) is 4.92. The molecule has 8 heteroatoms. The average molecular weight is 406 g/mol. The maximum absolute atomic E-state index is 13.2. The fourth-order valence-corrected chi connectivity index (χ4v) is 3.46. The van der Waals surface area contributed by atoms with E-state index < -0.39 is 23.6 Å². The number of anilines is 2. The number of carboxylic acid groups (broad SMARTS) is 1. The van der Waals surface area contributed by atoms with Gasteiger partial charge in [-0.25, -0.2) is 4.79 Å². The van der Waals surface area contributed by atoms with E-state index in [2.05, 4.69) is 5.32 Å². The monoisotopic (exact) mass is 406 g/mol. The summed E-state index contributed by atoms with van der Waals surface area (Å²) in [6.45, 7) is 1.36. The van der Waals surface area contributed by atoms with Crippen LogP contribution in [-0.2, 0) is 6.18 Å². The van der Waals surface area contributed by atoms with Crippen LogP contribution in [0.15, 0.2) is 42.5 Å². The molecule has 1 aliphatic heterocycles. The third-order valence-electron chi connectivity index (χ3n) is 4.92. The average Bonchev–Trinajstić information content (AvgIpc) is 2.96. The zero-order valence-electron chi connectivity index (χ0n) is 15.6. The number of nitrogens with one attached hydrogen (secondary N) is 1. The second-order valence-electron chi connectivity index (χ2n) is 6.94. The zero-order valence-corrected chi connectivity index (χ0v) is 15.6. The third kappa shape index (κ3) is 4.88. The van der Waals surface area contributed by atoms with Gasteiger partial charge < -0.3 is 15.3 Å². The van der Waals surface area contributed by atoms with Crippen molar-refractivity contribution in [1.82, 2.24) is 0 Å². The van der Waals surface area contributed by atoms with Gasteiger partial charge in [0.1, 0.15) is 0 Å². The van der Waals surface area contributed by atoms with Gasteiger partial charge in [0.05, 0.1) is 28.1 Å². The van der Waals surface area contributed by atoms with Gasteiger partial charge in [0, 0.05) is 13.1 Å². The van der Waals surface area contributed by atoms with Crippen molar-refractivity contribution in [2.24, 2.45) is 0 Å². The first-order valence-corrected chi connectivity index (χ1v) is 9.37. The summed E-state index contributed by atoms with van der Waals surface area (Å²) in [5, 5.41) is 11.8. The fraction of sp³-hybridized carbons (Fsp3) is 0.333. The second kappa shape index (κ2) is 8.55. The lowest BCUT2D eigenvalue weighted by Gasteiger charge is -2.26.